The average molecular weight is 477 g/mol. The first-order valence-corrected chi connectivity index (χ1v) is 12.5. The molecule has 0 aromatic heterocycles. The van der Waals surface area contributed by atoms with Crippen LogP contribution in [-0.2, 0) is 0 Å². The minimum Gasteiger partial charge on any atom is -0.0985 e. The number of benzene rings is 4. The minimum atomic E-state index is 0.973. The average Bonchev–Trinajstić information content (AvgIpc) is 2.96. The molecule has 4 rings (SSSR count). The summed E-state index contributed by atoms with van der Waals surface area (Å²) in [5.74, 6) is 0. The predicted molar refractivity (Wildman–Crippen MR) is 165 cm³/mol. The van der Waals surface area contributed by atoms with Crippen LogP contribution in [0.4, 0.5) is 0 Å². The molecule has 4 aromatic carbocycles. The zero-order valence-electron chi connectivity index (χ0n) is 21.4. The van der Waals surface area contributed by atoms with Gasteiger partial charge in [-0.3, -0.25) is 0 Å². The molecule has 0 spiro atoms. The molecule has 0 saturated carbocycles. The number of hydrogen-bond donors (Lipinski definition) is 0. The first-order valence-electron chi connectivity index (χ1n) is 12.5. The SMILES string of the molecule is C=C/C(=C\C)c1ccc(C(=C)/C=C/c2cccc(/C=C/C(=C)c3ccc(-c4ccccc4)cc3)c2)cc1. The summed E-state index contributed by atoms with van der Waals surface area (Å²) in [7, 11) is 0. The van der Waals surface area contributed by atoms with Crippen molar-refractivity contribution in [3.8, 4) is 11.1 Å². The van der Waals surface area contributed by atoms with Crippen molar-refractivity contribution in [2.45, 2.75) is 6.92 Å². The smallest absolute Gasteiger partial charge is 0.0184 e. The van der Waals surface area contributed by atoms with Crippen LogP contribution in [0.5, 0.6) is 0 Å². The Hall–Kier alpha value is -4.68. The highest BCUT2D eigenvalue weighted by Gasteiger charge is 2.01. The molecule has 0 nitrogen and oxygen atoms in total. The number of hydrogen-bond acceptors (Lipinski definition) is 0. The summed E-state index contributed by atoms with van der Waals surface area (Å²) in [4.78, 5) is 0. The maximum atomic E-state index is 4.26. The van der Waals surface area contributed by atoms with Gasteiger partial charge in [-0.15, -0.1) is 0 Å². The van der Waals surface area contributed by atoms with E-state index in [0.717, 1.165) is 44.5 Å². The summed E-state index contributed by atoms with van der Waals surface area (Å²) >= 11 is 0. The van der Waals surface area contributed by atoms with Crippen LogP contribution in [0.2, 0.25) is 0 Å². The molecule has 0 N–H and O–H groups in total. The van der Waals surface area contributed by atoms with E-state index in [9.17, 15) is 0 Å². The van der Waals surface area contributed by atoms with E-state index in [1.807, 2.05) is 19.1 Å². The lowest BCUT2D eigenvalue weighted by Gasteiger charge is -2.05. The van der Waals surface area contributed by atoms with Crippen LogP contribution in [0.1, 0.15) is 34.7 Å². The zero-order chi connectivity index (χ0) is 26.0. The lowest BCUT2D eigenvalue weighted by atomic mass is 9.99. The fourth-order valence-corrected chi connectivity index (χ4v) is 4.14. The highest BCUT2D eigenvalue weighted by Crippen LogP contribution is 2.24. The summed E-state index contributed by atoms with van der Waals surface area (Å²) in [5, 5.41) is 0. The standard InChI is InChI=1S/C37H32/c1-5-32(6-2)36-23-19-33(20-24-36)28(3)15-17-30-11-10-12-31(27-30)18-16-29(4)34-21-25-37(26-22-34)35-13-8-7-9-14-35/h5-27H,1,3-4H2,2H3/b17-15+,18-16+,32-6+. The summed E-state index contributed by atoms with van der Waals surface area (Å²) in [6.07, 6.45) is 12.3. The van der Waals surface area contributed by atoms with Crippen LogP contribution >= 0.6 is 0 Å². The molecule has 0 atom stereocenters. The van der Waals surface area contributed by atoms with E-state index < -0.39 is 0 Å². The fraction of sp³-hybridized carbons (Fsp3) is 0.0270. The maximum Gasteiger partial charge on any atom is -0.0184 e. The van der Waals surface area contributed by atoms with Crippen LogP contribution in [0, 0.1) is 0 Å². The molecule has 0 fully saturated rings. The summed E-state index contributed by atoms with van der Waals surface area (Å²) < 4.78 is 0. The molecule has 0 heteroatoms. The van der Waals surface area contributed by atoms with Gasteiger partial charge < -0.3 is 0 Å². The molecule has 4 aromatic rings. The Morgan fingerprint density at radius 1 is 0.568 bits per heavy atom. The molecule has 0 amide bonds. The molecule has 0 aliphatic heterocycles. The van der Waals surface area contributed by atoms with E-state index in [4.69, 9.17) is 0 Å². The molecule has 0 unspecified atom stereocenters. The first-order chi connectivity index (χ1) is 18.1. The van der Waals surface area contributed by atoms with Crippen LogP contribution in [0.15, 0.2) is 147 Å². The highest BCUT2D eigenvalue weighted by atomic mass is 14.1. The Morgan fingerprint density at radius 2 is 1.05 bits per heavy atom. The second kappa shape index (κ2) is 12.3. The van der Waals surface area contributed by atoms with Crippen LogP contribution in [0.3, 0.4) is 0 Å². The molecule has 180 valence electrons. The van der Waals surface area contributed by atoms with Crippen LogP contribution in [0.25, 0.3) is 40.0 Å². The van der Waals surface area contributed by atoms with Gasteiger partial charge in [-0.05, 0) is 68.7 Å². The summed E-state index contributed by atoms with van der Waals surface area (Å²) in [5.41, 5.74) is 11.1. The Bertz CT molecular complexity index is 1470. The van der Waals surface area contributed by atoms with Crippen LogP contribution < -0.4 is 0 Å². The Morgan fingerprint density at radius 3 is 1.57 bits per heavy atom. The van der Waals surface area contributed by atoms with Crippen molar-refractivity contribution < 1.29 is 0 Å². The van der Waals surface area contributed by atoms with Gasteiger partial charge >= 0.3 is 0 Å². The molecule has 0 radical (unpaired) electrons. The monoisotopic (exact) mass is 476 g/mol. The Kier molecular flexibility index (Phi) is 8.47. The number of rotatable bonds is 9. The second-order valence-corrected chi connectivity index (χ2v) is 8.86. The molecule has 0 bridgehead atoms. The largest absolute Gasteiger partial charge is 0.0985 e. The van der Waals surface area contributed by atoms with Gasteiger partial charge in [-0.2, -0.15) is 0 Å². The topological polar surface area (TPSA) is 0 Å². The predicted octanol–water partition coefficient (Wildman–Crippen LogP) is 10.4. The van der Waals surface area contributed by atoms with Gasteiger partial charge in [-0.1, -0.05) is 153 Å². The van der Waals surface area contributed by atoms with E-state index in [2.05, 4.69) is 147 Å². The lowest BCUT2D eigenvalue weighted by Crippen LogP contribution is -1.84. The van der Waals surface area contributed by atoms with E-state index in [-0.39, 0.29) is 0 Å². The molecule has 0 aliphatic rings. The van der Waals surface area contributed by atoms with Gasteiger partial charge in [0.25, 0.3) is 0 Å². The second-order valence-electron chi connectivity index (χ2n) is 8.86. The number of allylic oxidation sites excluding steroid dienone is 7. The van der Waals surface area contributed by atoms with E-state index in [1.54, 1.807) is 0 Å². The highest BCUT2D eigenvalue weighted by molar-refractivity contribution is 5.81. The van der Waals surface area contributed by atoms with E-state index >= 15 is 0 Å². The van der Waals surface area contributed by atoms with Gasteiger partial charge in [0.15, 0.2) is 0 Å². The fourth-order valence-electron chi connectivity index (χ4n) is 4.14. The third kappa shape index (κ3) is 6.72. The Balaban J connectivity index is 1.40. The van der Waals surface area contributed by atoms with Gasteiger partial charge in [0.2, 0.25) is 0 Å². The molecule has 0 heterocycles. The summed E-state index contributed by atoms with van der Waals surface area (Å²) in [6.45, 7) is 14.4. The van der Waals surface area contributed by atoms with Crippen LogP contribution in [-0.4, -0.2) is 0 Å². The van der Waals surface area contributed by atoms with Gasteiger partial charge in [0.1, 0.15) is 0 Å². The van der Waals surface area contributed by atoms with Gasteiger partial charge in [0.05, 0.1) is 0 Å². The first kappa shape index (κ1) is 25.4. The van der Waals surface area contributed by atoms with Crippen molar-refractivity contribution in [3.05, 3.63) is 175 Å². The lowest BCUT2D eigenvalue weighted by molar-refractivity contribution is 1.56. The third-order valence-electron chi connectivity index (χ3n) is 6.35. The van der Waals surface area contributed by atoms with Crippen molar-refractivity contribution in [1.82, 2.24) is 0 Å². The van der Waals surface area contributed by atoms with Crippen molar-refractivity contribution >= 4 is 28.9 Å². The molecule has 0 aliphatic carbocycles. The van der Waals surface area contributed by atoms with Gasteiger partial charge in [-0.25, -0.2) is 0 Å². The van der Waals surface area contributed by atoms with E-state index in [1.165, 1.54) is 11.1 Å². The summed E-state index contributed by atoms with van der Waals surface area (Å²) in [6, 6.07) is 35.8. The zero-order valence-corrected chi connectivity index (χ0v) is 21.4. The molecule has 0 saturated heterocycles. The van der Waals surface area contributed by atoms with Gasteiger partial charge in [0, 0.05) is 0 Å². The third-order valence-corrected chi connectivity index (χ3v) is 6.35. The van der Waals surface area contributed by atoms with Crippen molar-refractivity contribution in [2.75, 3.05) is 0 Å². The maximum absolute atomic E-state index is 4.26. The minimum absolute atomic E-state index is 0.973. The Labute approximate surface area is 221 Å². The molecular weight excluding hydrogens is 444 g/mol. The van der Waals surface area contributed by atoms with Crippen molar-refractivity contribution in [3.63, 3.8) is 0 Å². The molecule has 37 heavy (non-hydrogen) atoms. The normalized spacial score (nSPS) is 11.6. The quantitative estimate of drug-likeness (QED) is 0.211. The molecular formula is C37H32. The van der Waals surface area contributed by atoms with E-state index in [0.29, 0.717) is 0 Å². The van der Waals surface area contributed by atoms with Crippen molar-refractivity contribution in [1.29, 1.82) is 0 Å². The van der Waals surface area contributed by atoms with Crippen molar-refractivity contribution in [2.24, 2.45) is 0 Å².